The van der Waals surface area contributed by atoms with Crippen LogP contribution in [-0.2, 0) is 4.79 Å². The standard InChI is InChI=1S/C11H13ClINO/c1-3-7(2)11(15)14-10-5-4-8(13)6-9(10)12/h4-7H,3H2,1-2H3,(H,14,15). The third-order valence-electron chi connectivity index (χ3n) is 2.25. The van der Waals surface area contributed by atoms with Gasteiger partial charge in [-0.2, -0.15) is 0 Å². The quantitative estimate of drug-likeness (QED) is 0.832. The third kappa shape index (κ3) is 3.65. The number of hydrogen-bond acceptors (Lipinski definition) is 1. The van der Waals surface area contributed by atoms with Gasteiger partial charge in [-0.1, -0.05) is 25.4 Å². The average molecular weight is 338 g/mol. The highest BCUT2D eigenvalue weighted by molar-refractivity contribution is 14.1. The summed E-state index contributed by atoms with van der Waals surface area (Å²) in [4.78, 5) is 11.6. The summed E-state index contributed by atoms with van der Waals surface area (Å²) in [6.07, 6.45) is 0.827. The van der Waals surface area contributed by atoms with Gasteiger partial charge >= 0.3 is 0 Å². The maximum Gasteiger partial charge on any atom is 0.227 e. The first-order valence-electron chi connectivity index (χ1n) is 4.80. The Kier molecular flexibility index (Phi) is 4.86. The van der Waals surface area contributed by atoms with E-state index < -0.39 is 0 Å². The molecule has 1 amide bonds. The van der Waals surface area contributed by atoms with E-state index in [0.717, 1.165) is 9.99 Å². The molecule has 0 saturated carbocycles. The molecule has 1 aromatic rings. The van der Waals surface area contributed by atoms with Gasteiger partial charge in [0, 0.05) is 9.49 Å². The van der Waals surface area contributed by atoms with Crippen molar-refractivity contribution in [1.29, 1.82) is 0 Å². The minimum absolute atomic E-state index is 0.0142. The molecule has 0 aromatic heterocycles. The summed E-state index contributed by atoms with van der Waals surface area (Å²) >= 11 is 8.18. The molecule has 4 heteroatoms. The lowest BCUT2D eigenvalue weighted by molar-refractivity contribution is -0.119. The smallest absolute Gasteiger partial charge is 0.227 e. The molecule has 1 unspecified atom stereocenters. The SMILES string of the molecule is CCC(C)C(=O)Nc1ccc(I)cc1Cl. The lowest BCUT2D eigenvalue weighted by atomic mass is 10.1. The average Bonchev–Trinajstić information content (AvgIpc) is 2.20. The van der Waals surface area contributed by atoms with Crippen molar-refractivity contribution in [3.63, 3.8) is 0 Å². The number of rotatable bonds is 3. The monoisotopic (exact) mass is 337 g/mol. The molecule has 0 aliphatic rings. The highest BCUT2D eigenvalue weighted by Crippen LogP contribution is 2.24. The fourth-order valence-corrected chi connectivity index (χ4v) is 1.94. The largest absolute Gasteiger partial charge is 0.325 e. The predicted molar refractivity (Wildman–Crippen MR) is 72.3 cm³/mol. The normalized spacial score (nSPS) is 12.3. The minimum Gasteiger partial charge on any atom is -0.325 e. The van der Waals surface area contributed by atoms with Crippen LogP contribution in [0.5, 0.6) is 0 Å². The van der Waals surface area contributed by atoms with E-state index in [1.54, 1.807) is 0 Å². The molecule has 0 bridgehead atoms. The molecular weight excluding hydrogens is 324 g/mol. The Morgan fingerprint density at radius 1 is 1.60 bits per heavy atom. The Bertz CT molecular complexity index is 368. The molecule has 2 nitrogen and oxygen atoms in total. The molecule has 0 heterocycles. The van der Waals surface area contributed by atoms with Gasteiger partial charge in [-0.25, -0.2) is 0 Å². The summed E-state index contributed by atoms with van der Waals surface area (Å²) in [7, 11) is 0. The summed E-state index contributed by atoms with van der Waals surface area (Å²) < 4.78 is 1.05. The fourth-order valence-electron chi connectivity index (χ4n) is 1.03. The number of amides is 1. The topological polar surface area (TPSA) is 29.1 Å². The zero-order chi connectivity index (χ0) is 11.4. The Morgan fingerprint density at radius 2 is 2.27 bits per heavy atom. The second-order valence-corrected chi connectivity index (χ2v) is 5.08. The summed E-state index contributed by atoms with van der Waals surface area (Å²) in [6, 6.07) is 5.57. The van der Waals surface area contributed by atoms with E-state index in [0.29, 0.717) is 10.7 Å². The van der Waals surface area contributed by atoms with E-state index in [1.807, 2.05) is 32.0 Å². The first kappa shape index (κ1) is 12.8. The number of hydrogen-bond donors (Lipinski definition) is 1. The van der Waals surface area contributed by atoms with Gasteiger partial charge in [0.2, 0.25) is 5.91 Å². The van der Waals surface area contributed by atoms with Gasteiger partial charge in [-0.15, -0.1) is 0 Å². The highest BCUT2D eigenvalue weighted by Gasteiger charge is 2.11. The Hall–Kier alpha value is -0.290. The van der Waals surface area contributed by atoms with Gasteiger partial charge in [-0.3, -0.25) is 4.79 Å². The molecule has 0 saturated heterocycles. The molecular formula is C11H13ClINO. The number of halogens is 2. The summed E-state index contributed by atoms with van der Waals surface area (Å²) in [5, 5.41) is 3.40. The minimum atomic E-state index is 0.0142. The lowest BCUT2D eigenvalue weighted by Crippen LogP contribution is -2.19. The summed E-state index contributed by atoms with van der Waals surface area (Å²) in [5.74, 6) is 0.0287. The van der Waals surface area contributed by atoms with Crippen molar-refractivity contribution in [2.75, 3.05) is 5.32 Å². The second kappa shape index (κ2) is 5.70. The summed E-state index contributed by atoms with van der Waals surface area (Å²) in [5.41, 5.74) is 0.683. The number of carbonyl (C=O) groups excluding carboxylic acids is 1. The zero-order valence-corrected chi connectivity index (χ0v) is 11.6. The van der Waals surface area contributed by atoms with Crippen LogP contribution in [0, 0.1) is 9.49 Å². The maximum atomic E-state index is 11.6. The Labute approximate surface area is 109 Å². The molecule has 0 radical (unpaired) electrons. The molecule has 82 valence electrons. The van der Waals surface area contributed by atoms with Crippen LogP contribution in [0.25, 0.3) is 0 Å². The van der Waals surface area contributed by atoms with Crippen molar-refractivity contribution in [2.24, 2.45) is 5.92 Å². The van der Waals surface area contributed by atoms with Crippen LogP contribution in [0.2, 0.25) is 5.02 Å². The van der Waals surface area contributed by atoms with E-state index in [2.05, 4.69) is 27.9 Å². The van der Waals surface area contributed by atoms with Crippen LogP contribution in [0.1, 0.15) is 20.3 Å². The van der Waals surface area contributed by atoms with Crippen molar-refractivity contribution in [1.82, 2.24) is 0 Å². The third-order valence-corrected chi connectivity index (χ3v) is 3.23. The van der Waals surface area contributed by atoms with E-state index in [-0.39, 0.29) is 11.8 Å². The molecule has 0 spiro atoms. The van der Waals surface area contributed by atoms with Gasteiger partial charge < -0.3 is 5.32 Å². The molecule has 0 aliphatic carbocycles. The van der Waals surface area contributed by atoms with Crippen LogP contribution in [-0.4, -0.2) is 5.91 Å². The Balaban J connectivity index is 2.77. The highest BCUT2D eigenvalue weighted by atomic mass is 127. The van der Waals surface area contributed by atoms with Crippen molar-refractivity contribution in [3.8, 4) is 0 Å². The summed E-state index contributed by atoms with van der Waals surface area (Å²) in [6.45, 7) is 3.88. The van der Waals surface area contributed by atoms with Crippen molar-refractivity contribution < 1.29 is 4.79 Å². The zero-order valence-electron chi connectivity index (χ0n) is 8.68. The van der Waals surface area contributed by atoms with Crippen LogP contribution >= 0.6 is 34.2 Å². The lowest BCUT2D eigenvalue weighted by Gasteiger charge is -2.11. The number of benzene rings is 1. The molecule has 15 heavy (non-hydrogen) atoms. The van der Waals surface area contributed by atoms with E-state index in [1.165, 1.54) is 0 Å². The van der Waals surface area contributed by atoms with Crippen LogP contribution < -0.4 is 5.32 Å². The molecule has 1 aromatic carbocycles. The first-order chi connectivity index (χ1) is 7.04. The van der Waals surface area contributed by atoms with Crippen molar-refractivity contribution in [3.05, 3.63) is 26.8 Å². The number of nitrogens with one attached hydrogen (secondary N) is 1. The van der Waals surface area contributed by atoms with Gasteiger partial charge in [0.15, 0.2) is 0 Å². The maximum absolute atomic E-state index is 11.6. The Morgan fingerprint density at radius 3 is 2.80 bits per heavy atom. The first-order valence-corrected chi connectivity index (χ1v) is 6.26. The van der Waals surface area contributed by atoms with Crippen molar-refractivity contribution >= 4 is 45.8 Å². The van der Waals surface area contributed by atoms with E-state index in [9.17, 15) is 4.79 Å². The van der Waals surface area contributed by atoms with E-state index in [4.69, 9.17) is 11.6 Å². The van der Waals surface area contributed by atoms with Gasteiger partial charge in [-0.05, 0) is 47.2 Å². The fraction of sp³-hybridized carbons (Fsp3) is 0.364. The molecule has 1 rings (SSSR count). The molecule has 1 N–H and O–H groups in total. The predicted octanol–water partition coefficient (Wildman–Crippen LogP) is 3.93. The molecule has 0 aliphatic heterocycles. The van der Waals surface area contributed by atoms with Crippen LogP contribution in [0.15, 0.2) is 18.2 Å². The van der Waals surface area contributed by atoms with Crippen LogP contribution in [0.4, 0.5) is 5.69 Å². The van der Waals surface area contributed by atoms with Crippen LogP contribution in [0.3, 0.4) is 0 Å². The molecule has 0 fully saturated rings. The van der Waals surface area contributed by atoms with Gasteiger partial charge in [0.25, 0.3) is 0 Å². The second-order valence-electron chi connectivity index (χ2n) is 3.42. The van der Waals surface area contributed by atoms with Gasteiger partial charge in [0.05, 0.1) is 10.7 Å². The number of anilines is 1. The van der Waals surface area contributed by atoms with Gasteiger partial charge in [0.1, 0.15) is 0 Å². The van der Waals surface area contributed by atoms with Crippen molar-refractivity contribution in [2.45, 2.75) is 20.3 Å². The molecule has 1 atom stereocenters. The van der Waals surface area contributed by atoms with E-state index >= 15 is 0 Å². The number of carbonyl (C=O) groups is 1.